The lowest BCUT2D eigenvalue weighted by atomic mass is 9.91. The molecule has 0 aliphatic heterocycles. The molecule has 1 aliphatic carbocycles. The molecule has 0 bridgehead atoms. The average molecular weight is 561 g/mol. The topological polar surface area (TPSA) is 109 Å². The zero-order valence-electron chi connectivity index (χ0n) is 21.4. The van der Waals surface area contributed by atoms with Gasteiger partial charge >= 0.3 is 0 Å². The number of nitrogens with one attached hydrogen (secondary N) is 2. The van der Waals surface area contributed by atoms with E-state index in [2.05, 4.69) is 44.0 Å². The van der Waals surface area contributed by atoms with Crippen LogP contribution in [0, 0.1) is 5.82 Å². The highest BCUT2D eigenvalue weighted by molar-refractivity contribution is 7.92. The molecule has 38 heavy (non-hydrogen) atoms. The molecule has 202 valence electrons. The number of hydrogen-bond acceptors (Lipinski definition) is 8. The first kappa shape index (κ1) is 27.7. The monoisotopic (exact) mass is 560 g/mol. The molecule has 0 radical (unpaired) electrons. The molecule has 0 spiro atoms. The number of sulfonamides is 1. The third-order valence-corrected chi connectivity index (χ3v) is 8.31. The molecular weight excluding hydrogens is 531 g/mol. The maximum atomic E-state index is 13.7. The molecule has 1 saturated carbocycles. The van der Waals surface area contributed by atoms with Gasteiger partial charge in [-0.05, 0) is 70.1 Å². The lowest BCUT2D eigenvalue weighted by Crippen LogP contribution is -2.36. The van der Waals surface area contributed by atoms with Crippen LogP contribution in [0.5, 0.6) is 5.88 Å². The molecule has 1 fully saturated rings. The van der Waals surface area contributed by atoms with Crippen molar-refractivity contribution in [3.8, 4) is 5.88 Å². The molecule has 3 aromatic rings. The minimum atomic E-state index is -4.16. The zero-order chi connectivity index (χ0) is 27.3. The highest BCUT2D eigenvalue weighted by Gasteiger charge is 2.23. The van der Waals surface area contributed by atoms with E-state index < -0.39 is 20.9 Å². The highest BCUT2D eigenvalue weighted by atomic mass is 35.5. The largest absolute Gasteiger partial charge is 0.481 e. The van der Waals surface area contributed by atoms with Gasteiger partial charge in [0, 0.05) is 35.6 Å². The van der Waals surface area contributed by atoms with Gasteiger partial charge in [-0.1, -0.05) is 23.7 Å². The Morgan fingerprint density at radius 1 is 1.08 bits per heavy atom. The predicted molar refractivity (Wildman–Crippen MR) is 147 cm³/mol. The second-order valence-electron chi connectivity index (χ2n) is 9.24. The Balaban J connectivity index is 1.40. The SMILES string of the molecule is COc1nc(NS(=O)(=O)c2cccc(F)c2Cl)ccc1/C=C/c1cnc(N[C@H]2CC[C@H](N(C)C)CC2)nc1. The maximum Gasteiger partial charge on any atom is 0.264 e. The molecule has 0 saturated heterocycles. The summed E-state index contributed by atoms with van der Waals surface area (Å²) in [4.78, 5) is 15.0. The van der Waals surface area contributed by atoms with Gasteiger partial charge in [-0.15, -0.1) is 0 Å². The van der Waals surface area contributed by atoms with Crippen molar-refractivity contribution in [2.45, 2.75) is 42.7 Å². The first-order valence-electron chi connectivity index (χ1n) is 12.1. The summed E-state index contributed by atoms with van der Waals surface area (Å²) in [6, 6.07) is 7.68. The lowest BCUT2D eigenvalue weighted by molar-refractivity contribution is 0.221. The van der Waals surface area contributed by atoms with E-state index in [4.69, 9.17) is 16.3 Å². The van der Waals surface area contributed by atoms with Crippen LogP contribution < -0.4 is 14.8 Å². The Labute approximate surface area is 227 Å². The summed E-state index contributed by atoms with van der Waals surface area (Å²) in [5, 5.41) is 2.93. The van der Waals surface area contributed by atoms with Crippen molar-refractivity contribution in [3.05, 3.63) is 64.7 Å². The summed E-state index contributed by atoms with van der Waals surface area (Å²) < 4.78 is 46.7. The van der Waals surface area contributed by atoms with Gasteiger partial charge in [0.05, 0.1) is 12.1 Å². The van der Waals surface area contributed by atoms with Crippen LogP contribution in [-0.4, -0.2) is 61.6 Å². The van der Waals surface area contributed by atoms with Crippen LogP contribution in [0.3, 0.4) is 0 Å². The number of methoxy groups -OCH3 is 1. The Bertz CT molecular complexity index is 1390. The normalized spacial score (nSPS) is 18.1. The molecule has 0 atom stereocenters. The fourth-order valence-electron chi connectivity index (χ4n) is 4.29. The molecule has 2 aromatic heterocycles. The Hall–Kier alpha value is -3.28. The first-order chi connectivity index (χ1) is 18.2. The van der Waals surface area contributed by atoms with E-state index in [9.17, 15) is 12.8 Å². The van der Waals surface area contributed by atoms with Crippen LogP contribution in [0.1, 0.15) is 36.8 Å². The number of anilines is 2. The molecule has 2 N–H and O–H groups in total. The van der Waals surface area contributed by atoms with Gasteiger partial charge in [0.25, 0.3) is 10.0 Å². The van der Waals surface area contributed by atoms with E-state index in [-0.39, 0.29) is 16.6 Å². The van der Waals surface area contributed by atoms with Gasteiger partial charge in [-0.25, -0.2) is 22.8 Å². The quantitative estimate of drug-likeness (QED) is 0.379. The van der Waals surface area contributed by atoms with Crippen LogP contribution in [0.2, 0.25) is 5.02 Å². The third-order valence-electron chi connectivity index (χ3n) is 6.42. The standard InChI is InChI=1S/C26H30ClFN6O3S/c1-34(2)20-12-10-19(11-13-20)31-26-29-15-17(16-30-26)7-8-18-9-14-23(32-25(18)37-3)33-38(35,36)22-6-4-5-21(28)24(22)27/h4-9,14-16,19-20H,10-13H2,1-3H3,(H,32,33)(H,29,30,31)/b8-7+/t19-,20-. The van der Waals surface area contributed by atoms with E-state index in [0.717, 1.165) is 37.3 Å². The van der Waals surface area contributed by atoms with E-state index in [1.807, 2.05) is 6.08 Å². The number of pyridine rings is 1. The van der Waals surface area contributed by atoms with Crippen molar-refractivity contribution < 1.29 is 17.5 Å². The van der Waals surface area contributed by atoms with Crippen molar-refractivity contribution in [1.82, 2.24) is 19.9 Å². The van der Waals surface area contributed by atoms with Crippen LogP contribution in [0.4, 0.5) is 16.2 Å². The fraction of sp³-hybridized carbons (Fsp3) is 0.346. The second kappa shape index (κ2) is 12.1. The lowest BCUT2D eigenvalue weighted by Gasteiger charge is -2.32. The Kier molecular flexibility index (Phi) is 8.80. The van der Waals surface area contributed by atoms with Crippen LogP contribution in [0.15, 0.2) is 47.6 Å². The van der Waals surface area contributed by atoms with Gasteiger partial charge in [-0.3, -0.25) is 4.72 Å². The summed E-state index contributed by atoms with van der Waals surface area (Å²) in [7, 11) is 1.52. The van der Waals surface area contributed by atoms with E-state index >= 15 is 0 Å². The first-order valence-corrected chi connectivity index (χ1v) is 14.0. The predicted octanol–water partition coefficient (Wildman–Crippen LogP) is 4.93. The van der Waals surface area contributed by atoms with Crippen molar-refractivity contribution in [2.24, 2.45) is 0 Å². The third kappa shape index (κ3) is 6.77. The number of hydrogen-bond donors (Lipinski definition) is 2. The van der Waals surface area contributed by atoms with Crippen molar-refractivity contribution in [3.63, 3.8) is 0 Å². The van der Waals surface area contributed by atoms with Gasteiger partial charge in [0.15, 0.2) is 0 Å². The molecule has 4 rings (SSSR count). The summed E-state index contributed by atoms with van der Waals surface area (Å²) in [5.74, 6) is -0.0396. The van der Waals surface area contributed by atoms with E-state index in [1.165, 1.54) is 25.3 Å². The minimum absolute atomic E-state index is 0.00213. The van der Waals surface area contributed by atoms with Crippen LogP contribution >= 0.6 is 11.6 Å². The smallest absolute Gasteiger partial charge is 0.264 e. The summed E-state index contributed by atoms with van der Waals surface area (Å²) in [6.07, 6.45) is 11.5. The Morgan fingerprint density at radius 2 is 1.79 bits per heavy atom. The number of rotatable bonds is 9. The van der Waals surface area contributed by atoms with E-state index in [0.29, 0.717) is 23.6 Å². The number of aromatic nitrogens is 3. The molecule has 0 unspecified atom stereocenters. The van der Waals surface area contributed by atoms with Crippen molar-refractivity contribution >= 4 is 45.5 Å². The molecule has 12 heteroatoms. The van der Waals surface area contributed by atoms with Crippen LogP contribution in [-0.2, 0) is 10.0 Å². The molecule has 1 aliphatic rings. The Morgan fingerprint density at radius 3 is 2.45 bits per heavy atom. The van der Waals surface area contributed by atoms with Gasteiger partial charge in [0.1, 0.15) is 16.5 Å². The fourth-order valence-corrected chi connectivity index (χ4v) is 5.81. The molecule has 0 amide bonds. The average Bonchev–Trinajstić information content (AvgIpc) is 2.90. The molecular formula is C26H30ClFN6O3S. The number of benzene rings is 1. The number of ether oxygens (including phenoxy) is 1. The van der Waals surface area contributed by atoms with Gasteiger partial charge in [-0.2, -0.15) is 4.98 Å². The van der Waals surface area contributed by atoms with Gasteiger partial charge < -0.3 is 15.0 Å². The summed E-state index contributed by atoms with van der Waals surface area (Å²) in [5.41, 5.74) is 1.39. The van der Waals surface area contributed by atoms with Crippen molar-refractivity contribution in [2.75, 3.05) is 31.2 Å². The van der Waals surface area contributed by atoms with Crippen LogP contribution in [0.25, 0.3) is 12.2 Å². The van der Waals surface area contributed by atoms with Crippen molar-refractivity contribution in [1.29, 1.82) is 0 Å². The molecule has 9 nitrogen and oxygen atoms in total. The zero-order valence-corrected chi connectivity index (χ0v) is 22.9. The number of nitrogens with zero attached hydrogens (tertiary/aromatic N) is 4. The van der Waals surface area contributed by atoms with Gasteiger partial charge in [0.2, 0.25) is 11.8 Å². The summed E-state index contributed by atoms with van der Waals surface area (Å²) in [6.45, 7) is 0. The summed E-state index contributed by atoms with van der Waals surface area (Å²) >= 11 is 5.84. The molecule has 1 aromatic carbocycles. The minimum Gasteiger partial charge on any atom is -0.481 e. The molecule has 2 heterocycles. The van der Waals surface area contributed by atoms with E-state index in [1.54, 1.807) is 24.5 Å². The second-order valence-corrected chi connectivity index (χ2v) is 11.3. The highest BCUT2D eigenvalue weighted by Crippen LogP contribution is 2.28. The maximum absolute atomic E-state index is 13.7. The number of halogens is 2.